The molecule has 10 aromatic rings. The van der Waals surface area contributed by atoms with E-state index in [2.05, 4.69) is 125 Å². The maximum atomic E-state index is 13.9. The molecule has 28 nitrogen and oxygen atoms in total. The van der Waals surface area contributed by atoms with E-state index in [1.54, 1.807) is 81.5 Å². The first-order chi connectivity index (χ1) is 70.1. The van der Waals surface area contributed by atoms with Crippen LogP contribution in [0.3, 0.4) is 0 Å². The zero-order valence-electron chi connectivity index (χ0n) is 88.6. The number of benzene rings is 5. The van der Waals surface area contributed by atoms with Crippen LogP contribution in [0.1, 0.15) is 239 Å². The van der Waals surface area contributed by atoms with E-state index in [9.17, 15) is 75.7 Å². The van der Waals surface area contributed by atoms with Crippen LogP contribution in [0.2, 0.25) is 0 Å². The van der Waals surface area contributed by atoms with E-state index in [-0.39, 0.29) is 131 Å². The van der Waals surface area contributed by atoms with E-state index in [4.69, 9.17) is 28.4 Å². The Hall–Kier alpha value is -13.2. The summed E-state index contributed by atoms with van der Waals surface area (Å²) in [5, 5.41) is 19.8. The summed E-state index contributed by atoms with van der Waals surface area (Å²) in [7, 11) is 8.92. The Kier molecular flexibility index (Phi) is 31.4. The molecule has 20 rings (SSSR count). The van der Waals surface area contributed by atoms with Gasteiger partial charge in [-0.3, -0.25) is 24.0 Å². The van der Waals surface area contributed by atoms with Gasteiger partial charge in [0, 0.05) is 227 Å². The molecule has 5 aromatic carbocycles. The van der Waals surface area contributed by atoms with Crippen molar-refractivity contribution in [3.8, 4) is 56.3 Å². The monoisotopic (exact) mass is 2040 g/mol. The zero-order chi connectivity index (χ0) is 107. The fraction of sp³-hybridized carbons (Fsp3) is 0.483. The number of aromatic nitrogens is 5. The highest BCUT2D eigenvalue weighted by molar-refractivity contribution is 6.02. The van der Waals surface area contributed by atoms with Gasteiger partial charge in [-0.1, -0.05) is 69.2 Å². The summed E-state index contributed by atoms with van der Waals surface area (Å²) in [5.41, 5.74) is 22.1. The summed E-state index contributed by atoms with van der Waals surface area (Å²) in [6.45, 7) is 34.5. The normalized spacial score (nSPS) is 20.1. The number of carbonyl (C=O) groups excluding carboxylic acids is 4. The average molecular weight is 2040 g/mol. The largest absolute Gasteiger partial charge is 0.478 e. The number of pyridine rings is 5. The van der Waals surface area contributed by atoms with Crippen LogP contribution >= 0.6 is 0 Å². The van der Waals surface area contributed by atoms with Crippen molar-refractivity contribution in [3.05, 3.63) is 257 Å². The maximum Gasteiger partial charge on any atom is 0.339 e. The molecule has 0 spiro atoms. The SMILES string of the molecule is COC(=O)c1cc2c(cc1N1CCC(F)(F)C1)CC(C(C)C)n1cc(C)c(=O)cc1-2.COC(=O)c1cc2c(cc1N1CC[C@@H](OC)C1)CC(C(C)C)n1cc(C)c(=O)cc1-2.COC(=O)c1cc2c(cc1N1CC[C@H](O)C1)CC(C(C)C)n1cc(C)c(=O)cc1-2.COC(=O)c1cc2c(cc1N1CC[C@H](OC)C1)CC(C(C)C)n1cc(C)c(=O)cc1-2.Cc1cn2c(cc1=O)-c1cc(C(=O)O)c(N3CCC(F)(F)C3)cc1CC2C(C)C. The van der Waals surface area contributed by atoms with Gasteiger partial charge in [0.2, 0.25) is 0 Å². The number of halogens is 4. The highest BCUT2D eigenvalue weighted by Gasteiger charge is 2.45. The van der Waals surface area contributed by atoms with Gasteiger partial charge >= 0.3 is 29.8 Å². The van der Waals surface area contributed by atoms with Gasteiger partial charge in [-0.15, -0.1) is 0 Å². The topological polar surface area (TPSA) is 307 Å². The van der Waals surface area contributed by atoms with E-state index in [1.165, 1.54) is 44.5 Å². The number of aliphatic hydroxyl groups is 1. The molecule has 15 heterocycles. The number of ether oxygens (including phenoxy) is 6. The number of anilines is 5. The maximum absolute atomic E-state index is 13.9. The van der Waals surface area contributed by atoms with Gasteiger partial charge in [-0.05, 0) is 204 Å². The van der Waals surface area contributed by atoms with Crippen LogP contribution in [-0.4, -0.2) is 201 Å². The van der Waals surface area contributed by atoms with Crippen molar-refractivity contribution >= 4 is 58.3 Å². The molecule has 10 aliphatic heterocycles. The Balaban J connectivity index is 0.000000132. The third kappa shape index (κ3) is 21.5. The molecular formula is C116H138F4N10O18. The van der Waals surface area contributed by atoms with Gasteiger partial charge < -0.3 is 86.0 Å². The first-order valence-electron chi connectivity index (χ1n) is 51.5. The molecule has 2 N–H and O–H groups in total. The molecule has 0 saturated carbocycles. The minimum absolute atomic E-state index is 0.00188. The van der Waals surface area contributed by atoms with Gasteiger partial charge in [0.1, 0.15) is 0 Å². The number of hydrogen-bond donors (Lipinski definition) is 2. The molecule has 148 heavy (non-hydrogen) atoms. The van der Waals surface area contributed by atoms with Gasteiger partial charge in [-0.2, -0.15) is 0 Å². The predicted molar refractivity (Wildman–Crippen MR) is 566 cm³/mol. The number of carboxylic acids is 1. The summed E-state index contributed by atoms with van der Waals surface area (Å²) in [6, 6.07) is 28.0. The highest BCUT2D eigenvalue weighted by Crippen LogP contribution is 2.50. The minimum atomic E-state index is -2.82. The number of aromatic carboxylic acids is 1. The van der Waals surface area contributed by atoms with E-state index in [1.807, 2.05) is 76.0 Å². The van der Waals surface area contributed by atoms with E-state index in [0.717, 1.165) is 154 Å². The van der Waals surface area contributed by atoms with Gasteiger partial charge in [0.15, 0.2) is 27.1 Å². The lowest BCUT2D eigenvalue weighted by Crippen LogP contribution is -2.29. The quantitative estimate of drug-likeness (QED) is 0.0486. The van der Waals surface area contributed by atoms with Crippen molar-refractivity contribution in [2.45, 2.75) is 228 Å². The highest BCUT2D eigenvalue weighted by atomic mass is 19.3. The van der Waals surface area contributed by atoms with Crippen LogP contribution < -0.4 is 51.6 Å². The Morgan fingerprint density at radius 2 is 0.541 bits per heavy atom. The number of β-amino-alcohol motifs (C(OH)–C–C–N with tert-alkyl or cyclic N) is 1. The van der Waals surface area contributed by atoms with Crippen molar-refractivity contribution in [1.29, 1.82) is 0 Å². The van der Waals surface area contributed by atoms with Crippen molar-refractivity contribution in [2.24, 2.45) is 29.6 Å². The van der Waals surface area contributed by atoms with Gasteiger partial charge in [0.05, 0.1) is 145 Å². The standard InChI is InChI=1S/2C24H30N2O4.C23H26F2N2O3.C23H28N2O4.C22H24F2N2O3/c2*1-14(2)20-8-16-9-21(25-7-6-17(13-25)29-4)19(24(28)30-5)10-18(16)22-11-23(27)15(3)12-26(20)22;1-13(2)18-7-15-8-19(26-6-5-23(24,25)12-26)17(22(29)30-4)9-16(15)20-10-21(28)14(3)11-27(18)20;1-13(2)19-7-15-8-20(24-6-5-16(26)12-24)18(23(28)29-4)9-17(15)21-10-22(27)14(3)11-25(19)21;1-12(2)17-6-14-7-18(25-5-4-22(23,24)11-25)16(21(28)29)8-15(14)19-9-20(27)13(3)10-26(17)19/h2*9-12,14,17,20H,6-8,13H2,1-5H3;8-11,13,18H,5-7,12H2,1-4H3;8-11,13,16,19,26H,5-7,12H2,1-4H3;7-10,12,17H,4-6,11H2,1-3H3,(H,28,29)/t2*17-,20?;;16-,19?;/m10.0./s1. The third-order valence-electron chi connectivity index (χ3n) is 31.6. The lowest BCUT2D eigenvalue weighted by molar-refractivity contribution is 0.0250. The summed E-state index contributed by atoms with van der Waals surface area (Å²) in [4.78, 5) is 134. The summed E-state index contributed by atoms with van der Waals surface area (Å²) < 4.78 is 97.3. The summed E-state index contributed by atoms with van der Waals surface area (Å²) in [5.74, 6) is -6.66. The van der Waals surface area contributed by atoms with Crippen LogP contribution in [0.15, 0.2) is 146 Å². The second kappa shape index (κ2) is 43.2. The molecule has 5 aromatic heterocycles. The summed E-state index contributed by atoms with van der Waals surface area (Å²) in [6.07, 6.45) is 15.4. The fourth-order valence-corrected chi connectivity index (χ4v) is 23.0. The number of fused-ring (bicyclic) bond motifs is 15. The molecule has 8 atom stereocenters. The minimum Gasteiger partial charge on any atom is -0.478 e. The lowest BCUT2D eigenvalue weighted by atomic mass is 9.86. The third-order valence-corrected chi connectivity index (χ3v) is 31.6. The van der Waals surface area contributed by atoms with Crippen LogP contribution in [0, 0.1) is 64.2 Å². The number of carbonyl (C=O) groups is 5. The van der Waals surface area contributed by atoms with Crippen molar-refractivity contribution in [2.75, 3.05) is 133 Å². The Morgan fingerprint density at radius 1 is 0.318 bits per heavy atom. The molecule has 32 heteroatoms. The number of nitrogens with zero attached hydrogens (tertiary/aromatic N) is 10. The number of alkyl halides is 4. The molecule has 0 radical (unpaired) electrons. The molecule has 5 unspecified atom stereocenters. The van der Waals surface area contributed by atoms with Crippen LogP contribution in [0.25, 0.3) is 56.3 Å². The molecule has 0 bridgehead atoms. The number of aliphatic hydroxyl groups excluding tert-OH is 1. The number of carboxylic acid groups (broad SMARTS) is 1. The van der Waals surface area contributed by atoms with Gasteiger partial charge in [-0.25, -0.2) is 41.5 Å². The van der Waals surface area contributed by atoms with E-state index >= 15 is 0 Å². The summed E-state index contributed by atoms with van der Waals surface area (Å²) >= 11 is 0. The Bertz CT molecular complexity index is 7020. The van der Waals surface area contributed by atoms with E-state index in [0.29, 0.717) is 106 Å². The van der Waals surface area contributed by atoms with Crippen LogP contribution in [0.4, 0.5) is 46.0 Å². The second-order valence-electron chi connectivity index (χ2n) is 43.2. The molecule has 5 fully saturated rings. The first kappa shape index (κ1) is 108. The molecule has 10 aliphatic rings. The smallest absolute Gasteiger partial charge is 0.339 e. The number of hydrogen-bond acceptors (Lipinski definition) is 22. The Morgan fingerprint density at radius 3 is 0.736 bits per heavy atom. The van der Waals surface area contributed by atoms with Crippen LogP contribution in [0.5, 0.6) is 0 Å². The number of aryl methyl sites for hydroxylation is 5. The van der Waals surface area contributed by atoms with Crippen molar-refractivity contribution in [1.82, 2.24) is 22.8 Å². The molecule has 5 saturated heterocycles. The second-order valence-corrected chi connectivity index (χ2v) is 43.2. The molecular weight excluding hydrogens is 1900 g/mol. The van der Waals surface area contributed by atoms with Crippen LogP contribution in [-0.2, 0) is 60.5 Å². The number of esters is 4. The van der Waals surface area contributed by atoms with Crippen molar-refractivity contribution < 1.29 is 80.2 Å². The number of methoxy groups -OCH3 is 6. The predicted octanol–water partition coefficient (Wildman–Crippen LogP) is 18.4. The average Bonchev–Trinajstić information content (AvgIpc) is 1.63. The number of rotatable bonds is 17. The fourth-order valence-electron chi connectivity index (χ4n) is 23.0. The Labute approximate surface area is 860 Å². The van der Waals surface area contributed by atoms with Gasteiger partial charge in [0.25, 0.3) is 11.8 Å². The molecule has 0 amide bonds. The zero-order valence-corrected chi connectivity index (χ0v) is 88.6. The van der Waals surface area contributed by atoms with Crippen molar-refractivity contribution in [3.63, 3.8) is 0 Å². The van der Waals surface area contributed by atoms with E-state index < -0.39 is 42.8 Å². The lowest BCUT2D eigenvalue weighted by Gasteiger charge is -2.34. The first-order valence-corrected chi connectivity index (χ1v) is 51.5. The molecule has 788 valence electrons. The molecule has 0 aliphatic carbocycles.